The van der Waals surface area contributed by atoms with Crippen molar-refractivity contribution in [2.75, 3.05) is 32.7 Å². The third-order valence-corrected chi connectivity index (χ3v) is 8.23. The number of amides is 2. The minimum atomic E-state index is -3.52. The van der Waals surface area contributed by atoms with Gasteiger partial charge in [0.15, 0.2) is 0 Å². The van der Waals surface area contributed by atoms with E-state index in [-0.39, 0.29) is 24.9 Å². The average Bonchev–Trinajstić information content (AvgIpc) is 3.21. The molecule has 3 rings (SSSR count). The Morgan fingerprint density at radius 1 is 1.12 bits per heavy atom. The molecule has 0 saturated carbocycles. The van der Waals surface area contributed by atoms with E-state index in [9.17, 15) is 18.0 Å². The second-order valence-electron chi connectivity index (χ2n) is 6.88. The zero-order chi connectivity index (χ0) is 19.1. The maximum Gasteiger partial charge on any atom is 0.245 e. The Hall–Kier alpha value is -1.45. The van der Waals surface area contributed by atoms with Gasteiger partial charge in [0, 0.05) is 49.4 Å². The van der Waals surface area contributed by atoms with Crippen molar-refractivity contribution in [1.29, 1.82) is 0 Å². The van der Waals surface area contributed by atoms with Crippen LogP contribution in [0, 0.1) is 13.8 Å². The highest BCUT2D eigenvalue weighted by atomic mass is 32.2. The van der Waals surface area contributed by atoms with Gasteiger partial charge in [0.25, 0.3) is 0 Å². The van der Waals surface area contributed by atoms with Gasteiger partial charge >= 0.3 is 0 Å². The predicted molar refractivity (Wildman–Crippen MR) is 99.5 cm³/mol. The quantitative estimate of drug-likeness (QED) is 0.765. The number of hydrogen-bond acceptors (Lipinski definition) is 5. The first-order valence-corrected chi connectivity index (χ1v) is 11.1. The van der Waals surface area contributed by atoms with Crippen LogP contribution in [-0.4, -0.2) is 73.1 Å². The van der Waals surface area contributed by atoms with Crippen molar-refractivity contribution in [3.05, 3.63) is 15.8 Å². The number of nitrogens with zero attached hydrogens (tertiary/aromatic N) is 3. The van der Waals surface area contributed by atoms with Gasteiger partial charge in [-0.25, -0.2) is 8.42 Å². The lowest BCUT2D eigenvalue weighted by Gasteiger charge is -2.36. The summed E-state index contributed by atoms with van der Waals surface area (Å²) >= 11 is 1.48. The fraction of sp³-hybridized carbons (Fsp3) is 0.647. The van der Waals surface area contributed by atoms with E-state index < -0.39 is 16.1 Å². The molecule has 1 atom stereocenters. The van der Waals surface area contributed by atoms with Crippen LogP contribution in [0.5, 0.6) is 0 Å². The molecule has 26 heavy (non-hydrogen) atoms. The topological polar surface area (TPSA) is 78.0 Å². The van der Waals surface area contributed by atoms with Crippen molar-refractivity contribution in [1.82, 2.24) is 14.1 Å². The Labute approximate surface area is 158 Å². The molecule has 0 N–H and O–H groups in total. The van der Waals surface area contributed by atoms with Crippen LogP contribution in [0.2, 0.25) is 0 Å². The molecule has 2 amide bonds. The molecule has 3 heterocycles. The van der Waals surface area contributed by atoms with Gasteiger partial charge in [-0.05, 0) is 32.8 Å². The molecule has 0 bridgehead atoms. The minimum Gasteiger partial charge on any atom is -0.338 e. The van der Waals surface area contributed by atoms with Gasteiger partial charge in [0.05, 0.1) is 4.90 Å². The lowest BCUT2D eigenvalue weighted by atomic mass is 10.1. The number of piperazine rings is 1. The number of carbonyl (C=O) groups excluding carboxylic acids is 2. The number of likely N-dealkylation sites (tertiary alicyclic amines) is 1. The summed E-state index contributed by atoms with van der Waals surface area (Å²) in [5.74, 6) is -0.136. The van der Waals surface area contributed by atoms with E-state index in [2.05, 4.69) is 0 Å². The molecular formula is C17H25N3O4S2. The zero-order valence-corrected chi connectivity index (χ0v) is 17.0. The molecule has 1 aromatic heterocycles. The van der Waals surface area contributed by atoms with Crippen LogP contribution < -0.4 is 0 Å². The van der Waals surface area contributed by atoms with Crippen LogP contribution in [0.3, 0.4) is 0 Å². The summed E-state index contributed by atoms with van der Waals surface area (Å²) in [5, 5.41) is 0. The Bertz CT molecular complexity index is 810. The summed E-state index contributed by atoms with van der Waals surface area (Å²) in [7, 11) is -3.52. The lowest BCUT2D eigenvalue weighted by molar-refractivity contribution is -0.143. The van der Waals surface area contributed by atoms with Gasteiger partial charge in [-0.3, -0.25) is 9.59 Å². The van der Waals surface area contributed by atoms with Crippen LogP contribution in [0.4, 0.5) is 0 Å². The molecule has 2 aliphatic rings. The first-order chi connectivity index (χ1) is 12.2. The van der Waals surface area contributed by atoms with Crippen molar-refractivity contribution >= 4 is 33.2 Å². The molecule has 1 unspecified atom stereocenters. The highest BCUT2D eigenvalue weighted by molar-refractivity contribution is 7.89. The van der Waals surface area contributed by atoms with E-state index in [0.717, 1.165) is 16.2 Å². The Kier molecular flexibility index (Phi) is 5.41. The van der Waals surface area contributed by atoms with Crippen LogP contribution in [0.1, 0.15) is 29.5 Å². The fourth-order valence-corrected chi connectivity index (χ4v) is 6.71. The third kappa shape index (κ3) is 3.52. The maximum atomic E-state index is 12.9. The highest BCUT2D eigenvalue weighted by Gasteiger charge is 2.38. The standard InChI is InChI=1S/C17H25N3O4S2/c1-12-11-16(13(2)25-12)26(23,24)19-9-7-18(8-10-19)17(22)15-5-4-6-20(15)14(3)21/h11,15H,4-10H2,1-3H3. The Balaban J connectivity index is 1.66. The minimum absolute atomic E-state index is 0.0580. The van der Waals surface area contributed by atoms with Gasteiger partial charge in [-0.15, -0.1) is 11.3 Å². The van der Waals surface area contributed by atoms with Crippen molar-refractivity contribution in [2.45, 2.75) is 44.6 Å². The van der Waals surface area contributed by atoms with Gasteiger partial charge in [-0.1, -0.05) is 0 Å². The normalized spacial score (nSPS) is 22.0. The van der Waals surface area contributed by atoms with Crippen molar-refractivity contribution in [3.63, 3.8) is 0 Å². The summed E-state index contributed by atoms with van der Waals surface area (Å²) in [6, 6.07) is 1.33. The second-order valence-corrected chi connectivity index (χ2v) is 10.2. The molecule has 0 aliphatic carbocycles. The predicted octanol–water partition coefficient (Wildman–Crippen LogP) is 1.21. The number of hydrogen-bond donors (Lipinski definition) is 0. The van der Waals surface area contributed by atoms with Crippen LogP contribution in [-0.2, 0) is 19.6 Å². The van der Waals surface area contributed by atoms with E-state index in [0.29, 0.717) is 31.0 Å². The summed E-state index contributed by atoms with van der Waals surface area (Å²) in [4.78, 5) is 29.9. The second kappa shape index (κ2) is 7.28. The molecular weight excluding hydrogens is 374 g/mol. The first-order valence-electron chi connectivity index (χ1n) is 8.85. The van der Waals surface area contributed by atoms with Gasteiger partial charge in [-0.2, -0.15) is 4.31 Å². The zero-order valence-electron chi connectivity index (χ0n) is 15.4. The summed E-state index contributed by atoms with van der Waals surface area (Å²) in [6.07, 6.45) is 1.52. The third-order valence-electron chi connectivity index (χ3n) is 5.11. The Morgan fingerprint density at radius 2 is 1.77 bits per heavy atom. The molecule has 0 spiro atoms. The fourth-order valence-electron chi connectivity index (χ4n) is 3.76. The molecule has 1 aromatic rings. The lowest BCUT2D eigenvalue weighted by Crippen LogP contribution is -2.55. The van der Waals surface area contributed by atoms with Crippen molar-refractivity contribution in [3.8, 4) is 0 Å². The molecule has 2 fully saturated rings. The molecule has 7 nitrogen and oxygen atoms in total. The van der Waals surface area contributed by atoms with Crippen LogP contribution in [0.25, 0.3) is 0 Å². The SMILES string of the molecule is CC(=O)N1CCCC1C(=O)N1CCN(S(=O)(=O)c2cc(C)sc2C)CC1. The van der Waals surface area contributed by atoms with E-state index in [4.69, 9.17) is 0 Å². The number of aryl methyl sites for hydroxylation is 2. The first kappa shape index (κ1) is 19.3. The van der Waals surface area contributed by atoms with Crippen molar-refractivity contribution < 1.29 is 18.0 Å². The van der Waals surface area contributed by atoms with Crippen LogP contribution in [0.15, 0.2) is 11.0 Å². The van der Waals surface area contributed by atoms with Gasteiger partial charge in [0.1, 0.15) is 6.04 Å². The van der Waals surface area contributed by atoms with Crippen molar-refractivity contribution in [2.24, 2.45) is 0 Å². The van der Waals surface area contributed by atoms with E-state index in [1.54, 1.807) is 15.9 Å². The van der Waals surface area contributed by atoms with Crippen LogP contribution >= 0.6 is 11.3 Å². The summed E-state index contributed by atoms with van der Waals surface area (Å²) < 4.78 is 27.2. The number of thiophene rings is 1. The van der Waals surface area contributed by atoms with E-state index >= 15 is 0 Å². The molecule has 0 radical (unpaired) electrons. The molecule has 2 saturated heterocycles. The molecule has 0 aromatic carbocycles. The van der Waals surface area contributed by atoms with E-state index in [1.165, 1.54) is 22.6 Å². The van der Waals surface area contributed by atoms with Gasteiger partial charge < -0.3 is 9.80 Å². The number of carbonyl (C=O) groups is 2. The maximum absolute atomic E-state index is 12.9. The summed E-state index contributed by atoms with van der Waals surface area (Å²) in [6.45, 7) is 7.13. The molecule has 144 valence electrons. The Morgan fingerprint density at radius 3 is 2.31 bits per heavy atom. The highest BCUT2D eigenvalue weighted by Crippen LogP contribution is 2.28. The monoisotopic (exact) mass is 399 g/mol. The molecule has 2 aliphatic heterocycles. The van der Waals surface area contributed by atoms with E-state index in [1.807, 2.05) is 13.8 Å². The largest absolute Gasteiger partial charge is 0.338 e. The van der Waals surface area contributed by atoms with Gasteiger partial charge in [0.2, 0.25) is 21.8 Å². The molecule has 9 heteroatoms. The summed E-state index contributed by atoms with van der Waals surface area (Å²) in [5.41, 5.74) is 0. The average molecular weight is 400 g/mol. The smallest absolute Gasteiger partial charge is 0.245 e. The number of rotatable bonds is 3. The number of sulfonamides is 1.